The van der Waals surface area contributed by atoms with Crippen LogP contribution in [0, 0.1) is 0 Å². The van der Waals surface area contributed by atoms with E-state index in [2.05, 4.69) is 0 Å². The van der Waals surface area contributed by atoms with E-state index in [1.54, 1.807) is 0 Å². The smallest absolute Gasteiger partial charge is 0 e. The molecule has 0 unspecified atom stereocenters. The van der Waals surface area contributed by atoms with Gasteiger partial charge >= 0.3 is 0 Å². The second-order valence-electron chi connectivity index (χ2n) is 0.667. The second kappa shape index (κ2) is 8.82. The maximum absolute atomic E-state index is 2.00. The minimum Gasteiger partial charge on any atom is -0.0919 e. The summed E-state index contributed by atoms with van der Waals surface area (Å²) in [4.78, 5) is 0. The monoisotopic (exact) mass is 264 g/mol. The molecule has 1 heteroatoms. The van der Waals surface area contributed by atoms with E-state index in [1.165, 1.54) is 0 Å². The molecule has 0 aliphatic heterocycles. The van der Waals surface area contributed by atoms with Gasteiger partial charge in [0, 0.05) is 27.3 Å². The fourth-order valence-corrected chi connectivity index (χ4v) is 0. The van der Waals surface area contributed by atoms with Crippen LogP contribution in [-0.2, 0) is 0 Å². The predicted molar refractivity (Wildman–Crippen MR) is 26.2 cm³/mol. The first-order valence-corrected chi connectivity index (χ1v) is 1.49. The number of hydrogen-bond donors (Lipinski definition) is 0. The first-order valence-electron chi connectivity index (χ1n) is 1.49. The van der Waals surface area contributed by atoms with Crippen LogP contribution in [0.2, 0.25) is 0 Å². The molecule has 28 valence electrons. The van der Waals surface area contributed by atoms with Gasteiger partial charge in [0.1, 0.15) is 0 Å². The molecule has 0 nitrogen and oxygen atoms in total. The molecule has 0 spiro atoms. The van der Waals surface area contributed by atoms with Gasteiger partial charge in [0.2, 0.25) is 0 Å². The minimum atomic E-state index is 0. The molecule has 0 aliphatic rings. The number of hydrogen-bond acceptors (Lipinski definition) is 0. The SMILES string of the molecule is C/C=C/C.[Pb]. The zero-order valence-electron chi connectivity index (χ0n) is 3.65. The Morgan fingerprint density at radius 2 is 1.20 bits per heavy atom. The van der Waals surface area contributed by atoms with Gasteiger partial charge in [0.15, 0.2) is 0 Å². The maximum Gasteiger partial charge on any atom is 0 e. The summed E-state index contributed by atoms with van der Waals surface area (Å²) >= 11 is 0. The Morgan fingerprint density at radius 3 is 1.20 bits per heavy atom. The first-order chi connectivity index (χ1) is 1.91. The fourth-order valence-electron chi connectivity index (χ4n) is 0. The van der Waals surface area contributed by atoms with Crippen LogP contribution in [0.5, 0.6) is 0 Å². The summed E-state index contributed by atoms with van der Waals surface area (Å²) in [5, 5.41) is 0. The number of rotatable bonds is 0. The fraction of sp³-hybridized carbons (Fsp3) is 0.500. The van der Waals surface area contributed by atoms with Gasteiger partial charge in [-0.25, -0.2) is 0 Å². The van der Waals surface area contributed by atoms with Crippen LogP contribution in [0.4, 0.5) is 0 Å². The molecule has 0 saturated carbocycles. The molecule has 0 N–H and O–H groups in total. The molecule has 0 rings (SSSR count). The van der Waals surface area contributed by atoms with Crippen LogP contribution in [-0.4, -0.2) is 27.3 Å². The molecule has 0 atom stereocenters. The van der Waals surface area contributed by atoms with Crippen molar-refractivity contribution in [2.75, 3.05) is 0 Å². The van der Waals surface area contributed by atoms with E-state index in [4.69, 9.17) is 0 Å². The van der Waals surface area contributed by atoms with Crippen LogP contribution in [0.3, 0.4) is 0 Å². The molecule has 0 aliphatic carbocycles. The van der Waals surface area contributed by atoms with Gasteiger partial charge in [-0.2, -0.15) is 0 Å². The summed E-state index contributed by atoms with van der Waals surface area (Å²) in [6.45, 7) is 4.00. The molecule has 0 heterocycles. The van der Waals surface area contributed by atoms with Crippen molar-refractivity contribution < 1.29 is 0 Å². The van der Waals surface area contributed by atoms with E-state index >= 15 is 0 Å². The van der Waals surface area contributed by atoms with Crippen LogP contribution in [0.25, 0.3) is 0 Å². The third-order valence-corrected chi connectivity index (χ3v) is 0.333. The molecular weight excluding hydrogens is 255 g/mol. The Kier molecular flexibility index (Phi) is 16.2. The topological polar surface area (TPSA) is 0 Å². The van der Waals surface area contributed by atoms with Gasteiger partial charge in [-0.1, -0.05) is 12.2 Å². The van der Waals surface area contributed by atoms with Gasteiger partial charge in [-0.05, 0) is 13.8 Å². The van der Waals surface area contributed by atoms with E-state index in [0.29, 0.717) is 0 Å². The summed E-state index contributed by atoms with van der Waals surface area (Å²) in [7, 11) is 0. The van der Waals surface area contributed by atoms with Crippen molar-refractivity contribution in [2.45, 2.75) is 13.8 Å². The Bertz CT molecular complexity index is 18.8. The Labute approximate surface area is 53.4 Å². The van der Waals surface area contributed by atoms with Gasteiger partial charge in [-0.3, -0.25) is 0 Å². The third-order valence-electron chi connectivity index (χ3n) is 0.333. The zero-order valence-corrected chi connectivity index (χ0v) is 7.54. The van der Waals surface area contributed by atoms with E-state index in [-0.39, 0.29) is 27.3 Å². The summed E-state index contributed by atoms with van der Waals surface area (Å²) in [6, 6.07) is 0. The van der Waals surface area contributed by atoms with E-state index in [0.717, 1.165) is 0 Å². The van der Waals surface area contributed by atoms with Crippen LogP contribution >= 0.6 is 0 Å². The second-order valence-corrected chi connectivity index (χ2v) is 0.667. The van der Waals surface area contributed by atoms with Gasteiger partial charge < -0.3 is 0 Å². The van der Waals surface area contributed by atoms with Crippen molar-refractivity contribution in [1.82, 2.24) is 0 Å². The molecule has 0 aromatic rings. The molecule has 0 aromatic heterocycles. The molecule has 0 amide bonds. The molecule has 4 radical (unpaired) electrons. The quantitative estimate of drug-likeness (QED) is 0.455. The summed E-state index contributed by atoms with van der Waals surface area (Å²) < 4.78 is 0. The van der Waals surface area contributed by atoms with Crippen molar-refractivity contribution >= 4 is 27.3 Å². The number of allylic oxidation sites excluding steroid dienone is 2. The molecule has 0 saturated heterocycles. The normalized spacial score (nSPS) is 7.60. The average molecular weight is 263 g/mol. The van der Waals surface area contributed by atoms with Crippen molar-refractivity contribution in [3.05, 3.63) is 12.2 Å². The average Bonchev–Trinajstić information content (AvgIpc) is 1.37. The van der Waals surface area contributed by atoms with Crippen molar-refractivity contribution in [1.29, 1.82) is 0 Å². The van der Waals surface area contributed by atoms with Crippen LogP contribution in [0.15, 0.2) is 12.2 Å². The Morgan fingerprint density at radius 1 is 1.00 bits per heavy atom. The Balaban J connectivity index is 0. The van der Waals surface area contributed by atoms with Crippen LogP contribution in [0.1, 0.15) is 13.8 Å². The van der Waals surface area contributed by atoms with Crippen molar-refractivity contribution in [3.63, 3.8) is 0 Å². The molecule has 5 heavy (non-hydrogen) atoms. The standard InChI is InChI=1S/C4H8.Pb/c1-3-4-2;/h3-4H,1-2H3;/b4-3+;. The minimum absolute atomic E-state index is 0. The molecule has 0 fully saturated rings. The largest absolute Gasteiger partial charge is 0.0919 e. The first kappa shape index (κ1) is 9.18. The van der Waals surface area contributed by atoms with Crippen molar-refractivity contribution in [3.8, 4) is 0 Å². The van der Waals surface area contributed by atoms with Gasteiger partial charge in [0.25, 0.3) is 0 Å². The van der Waals surface area contributed by atoms with Crippen LogP contribution < -0.4 is 0 Å². The molecule has 0 aromatic carbocycles. The zero-order chi connectivity index (χ0) is 3.41. The van der Waals surface area contributed by atoms with E-state index in [9.17, 15) is 0 Å². The summed E-state index contributed by atoms with van der Waals surface area (Å²) in [5.41, 5.74) is 0. The van der Waals surface area contributed by atoms with Gasteiger partial charge in [0.05, 0.1) is 0 Å². The van der Waals surface area contributed by atoms with E-state index in [1.807, 2.05) is 26.0 Å². The summed E-state index contributed by atoms with van der Waals surface area (Å²) in [6.07, 6.45) is 4.00. The molecule has 0 bridgehead atoms. The third kappa shape index (κ3) is 12.0. The van der Waals surface area contributed by atoms with E-state index < -0.39 is 0 Å². The van der Waals surface area contributed by atoms with Crippen molar-refractivity contribution in [2.24, 2.45) is 0 Å². The predicted octanol–water partition coefficient (Wildman–Crippen LogP) is 1.20. The summed E-state index contributed by atoms with van der Waals surface area (Å²) in [5.74, 6) is 0. The Hall–Kier alpha value is 0.662. The van der Waals surface area contributed by atoms with Gasteiger partial charge in [-0.15, -0.1) is 0 Å². The molecular formula is C4H8Pb. The maximum atomic E-state index is 2.00.